The lowest BCUT2D eigenvalue weighted by Crippen LogP contribution is -2.21. The highest BCUT2D eigenvalue weighted by Gasteiger charge is 2.40. The van der Waals surface area contributed by atoms with E-state index in [9.17, 15) is 4.79 Å². The lowest BCUT2D eigenvalue weighted by molar-refractivity contribution is -0.150. The molecule has 17 heavy (non-hydrogen) atoms. The van der Waals surface area contributed by atoms with Crippen LogP contribution in [-0.2, 0) is 16.1 Å². The predicted molar refractivity (Wildman–Crippen MR) is 65.1 cm³/mol. The van der Waals surface area contributed by atoms with Gasteiger partial charge in [-0.05, 0) is 30.2 Å². The van der Waals surface area contributed by atoms with Gasteiger partial charge in [0.25, 0.3) is 0 Å². The molecule has 1 aromatic carbocycles. The molecule has 1 saturated carbocycles. The fourth-order valence-electron chi connectivity index (χ4n) is 2.89. The SMILES string of the molecule is O=C(OCc1ccccc1)[C@H]1C[C@H]2C=C[C@@H]1C2. The highest BCUT2D eigenvalue weighted by Crippen LogP contribution is 2.43. The van der Waals surface area contributed by atoms with Gasteiger partial charge >= 0.3 is 5.97 Å². The molecule has 1 aromatic rings. The maximum atomic E-state index is 12.0. The van der Waals surface area contributed by atoms with Gasteiger partial charge in [-0.15, -0.1) is 0 Å². The maximum Gasteiger partial charge on any atom is 0.309 e. The molecule has 0 spiro atoms. The number of benzene rings is 1. The van der Waals surface area contributed by atoms with Crippen LogP contribution in [0.5, 0.6) is 0 Å². The maximum absolute atomic E-state index is 12.0. The first kappa shape index (κ1) is 10.6. The first-order valence-electron chi connectivity index (χ1n) is 6.22. The van der Waals surface area contributed by atoms with E-state index in [1.807, 2.05) is 30.3 Å². The quantitative estimate of drug-likeness (QED) is 0.587. The summed E-state index contributed by atoms with van der Waals surface area (Å²) in [6.07, 6.45) is 6.55. The average Bonchev–Trinajstić information content (AvgIpc) is 2.99. The third kappa shape index (κ3) is 2.12. The zero-order valence-electron chi connectivity index (χ0n) is 9.71. The molecule has 3 rings (SSSR count). The van der Waals surface area contributed by atoms with Crippen LogP contribution in [0, 0.1) is 17.8 Å². The molecule has 2 nitrogen and oxygen atoms in total. The van der Waals surface area contributed by atoms with Crippen LogP contribution in [0.15, 0.2) is 42.5 Å². The molecule has 0 aromatic heterocycles. The fourth-order valence-corrected chi connectivity index (χ4v) is 2.89. The second-order valence-electron chi connectivity index (χ2n) is 4.98. The predicted octanol–water partition coefficient (Wildman–Crippen LogP) is 2.94. The van der Waals surface area contributed by atoms with E-state index in [4.69, 9.17) is 4.74 Å². The van der Waals surface area contributed by atoms with E-state index >= 15 is 0 Å². The first-order valence-corrected chi connectivity index (χ1v) is 6.22. The second kappa shape index (κ2) is 4.36. The van der Waals surface area contributed by atoms with E-state index in [1.165, 1.54) is 0 Å². The van der Waals surface area contributed by atoms with Crippen molar-refractivity contribution in [2.45, 2.75) is 19.4 Å². The number of fused-ring (bicyclic) bond motifs is 2. The lowest BCUT2D eigenvalue weighted by Gasteiger charge is -2.16. The van der Waals surface area contributed by atoms with Gasteiger partial charge in [0.2, 0.25) is 0 Å². The second-order valence-corrected chi connectivity index (χ2v) is 4.98. The molecule has 0 unspecified atom stereocenters. The number of hydrogen-bond acceptors (Lipinski definition) is 2. The number of esters is 1. The molecule has 88 valence electrons. The number of carbonyl (C=O) groups excluding carboxylic acids is 1. The van der Waals surface area contributed by atoms with Gasteiger partial charge in [0, 0.05) is 0 Å². The number of ether oxygens (including phenoxy) is 1. The Labute approximate surface area is 101 Å². The molecule has 0 heterocycles. The summed E-state index contributed by atoms with van der Waals surface area (Å²) < 4.78 is 5.39. The Hall–Kier alpha value is -1.57. The Kier molecular flexibility index (Phi) is 2.71. The molecule has 0 amide bonds. The smallest absolute Gasteiger partial charge is 0.309 e. The molecule has 1 fully saturated rings. The minimum atomic E-state index is -0.0225. The molecule has 0 saturated heterocycles. The molecule has 0 aliphatic heterocycles. The van der Waals surface area contributed by atoms with Crippen LogP contribution >= 0.6 is 0 Å². The Balaban J connectivity index is 1.56. The Bertz CT molecular complexity index is 435. The standard InChI is InChI=1S/C15H16O2/c16-15(14-9-12-6-7-13(14)8-12)17-10-11-4-2-1-3-5-11/h1-7,12-14H,8-10H2/t12-,13+,14-/m0/s1. The molecular weight excluding hydrogens is 212 g/mol. The minimum absolute atomic E-state index is 0.0225. The van der Waals surface area contributed by atoms with E-state index < -0.39 is 0 Å². The normalized spacial score (nSPS) is 29.5. The van der Waals surface area contributed by atoms with Crippen molar-refractivity contribution in [2.75, 3.05) is 0 Å². The summed E-state index contributed by atoms with van der Waals surface area (Å²) in [5, 5.41) is 0. The molecule has 0 N–H and O–H groups in total. The van der Waals surface area contributed by atoms with Crippen molar-refractivity contribution < 1.29 is 9.53 Å². The summed E-state index contributed by atoms with van der Waals surface area (Å²) in [4.78, 5) is 12.0. The van der Waals surface area contributed by atoms with Gasteiger partial charge in [0.1, 0.15) is 6.61 Å². The lowest BCUT2D eigenvalue weighted by atomic mass is 9.94. The van der Waals surface area contributed by atoms with Crippen LogP contribution in [0.3, 0.4) is 0 Å². The zero-order valence-corrected chi connectivity index (χ0v) is 9.71. The number of rotatable bonds is 3. The fraction of sp³-hybridized carbons (Fsp3) is 0.400. The van der Waals surface area contributed by atoms with E-state index in [1.54, 1.807) is 0 Å². The van der Waals surface area contributed by atoms with Gasteiger partial charge in [-0.3, -0.25) is 4.79 Å². The molecule has 2 aliphatic rings. The van der Waals surface area contributed by atoms with Crippen molar-refractivity contribution in [3.05, 3.63) is 48.0 Å². The number of carbonyl (C=O) groups is 1. The largest absolute Gasteiger partial charge is 0.461 e. The van der Waals surface area contributed by atoms with Crippen molar-refractivity contribution in [2.24, 2.45) is 17.8 Å². The third-order valence-corrected chi connectivity index (χ3v) is 3.81. The topological polar surface area (TPSA) is 26.3 Å². The molecular formula is C15H16O2. The first-order chi connectivity index (χ1) is 8.33. The van der Waals surface area contributed by atoms with E-state index in [-0.39, 0.29) is 11.9 Å². The third-order valence-electron chi connectivity index (χ3n) is 3.81. The van der Waals surface area contributed by atoms with Crippen LogP contribution in [-0.4, -0.2) is 5.97 Å². The van der Waals surface area contributed by atoms with Crippen LogP contribution in [0.4, 0.5) is 0 Å². The van der Waals surface area contributed by atoms with Gasteiger partial charge in [-0.2, -0.15) is 0 Å². The van der Waals surface area contributed by atoms with Crippen molar-refractivity contribution in [3.63, 3.8) is 0 Å². The Morgan fingerprint density at radius 3 is 2.65 bits per heavy atom. The van der Waals surface area contributed by atoms with Crippen molar-refractivity contribution in [1.82, 2.24) is 0 Å². The van der Waals surface area contributed by atoms with Gasteiger partial charge in [0.05, 0.1) is 5.92 Å². The number of allylic oxidation sites excluding steroid dienone is 2. The Morgan fingerprint density at radius 2 is 2.00 bits per heavy atom. The molecule has 0 radical (unpaired) electrons. The van der Waals surface area contributed by atoms with E-state index in [0.29, 0.717) is 18.4 Å². The highest BCUT2D eigenvalue weighted by molar-refractivity contribution is 5.74. The molecule has 2 bridgehead atoms. The van der Waals surface area contributed by atoms with Gasteiger partial charge < -0.3 is 4.74 Å². The van der Waals surface area contributed by atoms with Crippen LogP contribution in [0.2, 0.25) is 0 Å². The van der Waals surface area contributed by atoms with Gasteiger partial charge in [-0.25, -0.2) is 0 Å². The van der Waals surface area contributed by atoms with Crippen LogP contribution < -0.4 is 0 Å². The molecule has 2 aliphatic carbocycles. The highest BCUT2D eigenvalue weighted by atomic mass is 16.5. The van der Waals surface area contributed by atoms with Crippen LogP contribution in [0.25, 0.3) is 0 Å². The summed E-state index contributed by atoms with van der Waals surface area (Å²) in [6, 6.07) is 9.85. The summed E-state index contributed by atoms with van der Waals surface area (Å²) in [5.74, 6) is 1.14. The zero-order chi connectivity index (χ0) is 11.7. The van der Waals surface area contributed by atoms with Crippen molar-refractivity contribution >= 4 is 5.97 Å². The monoisotopic (exact) mass is 228 g/mol. The number of hydrogen-bond donors (Lipinski definition) is 0. The minimum Gasteiger partial charge on any atom is -0.461 e. The summed E-state index contributed by atoms with van der Waals surface area (Å²) in [5.41, 5.74) is 1.06. The molecule has 3 atom stereocenters. The van der Waals surface area contributed by atoms with Gasteiger partial charge in [0.15, 0.2) is 0 Å². The summed E-state index contributed by atoms with van der Waals surface area (Å²) >= 11 is 0. The van der Waals surface area contributed by atoms with Crippen molar-refractivity contribution in [1.29, 1.82) is 0 Å². The van der Waals surface area contributed by atoms with E-state index in [0.717, 1.165) is 18.4 Å². The molecule has 2 heteroatoms. The summed E-state index contributed by atoms with van der Waals surface area (Å²) in [6.45, 7) is 0.400. The van der Waals surface area contributed by atoms with E-state index in [2.05, 4.69) is 12.2 Å². The van der Waals surface area contributed by atoms with Crippen molar-refractivity contribution in [3.8, 4) is 0 Å². The Morgan fingerprint density at radius 1 is 1.18 bits per heavy atom. The van der Waals surface area contributed by atoms with Gasteiger partial charge in [-0.1, -0.05) is 42.5 Å². The summed E-state index contributed by atoms with van der Waals surface area (Å²) in [7, 11) is 0. The van der Waals surface area contributed by atoms with Crippen LogP contribution in [0.1, 0.15) is 18.4 Å². The average molecular weight is 228 g/mol.